The number of nitrogens with one attached hydrogen (secondary N) is 2. The molecule has 0 aromatic carbocycles. The number of esters is 2. The molecular formula is C39H66N3O47PS5. The predicted molar refractivity (Wildman–Crippen MR) is 284 cm³/mol. The number of nitrogens with two attached hydrogens (primary N) is 1. The highest BCUT2D eigenvalue weighted by atomic mass is 32.3. The molecule has 0 spiro atoms. The molecule has 1 amide bonds. The topological polar surface area (TPSA) is 782 Å². The number of hydrogen-bond donors (Lipinski definition) is 18. The van der Waals surface area contributed by atoms with E-state index in [1.54, 1.807) is 13.8 Å². The number of carbonyl (C=O) groups excluding carboxylic acids is 3. The molecule has 4 heterocycles. The number of rotatable bonds is 34. The number of aliphatic hydroxyl groups excluding tert-OH is 6. The number of phosphoric acid groups is 1. The zero-order valence-corrected chi connectivity index (χ0v) is 53.2. The fraction of sp³-hybridized carbons (Fsp3) is 0.846. The molecule has 4 aliphatic rings. The van der Waals surface area contributed by atoms with Crippen LogP contribution < -0.4 is 15.8 Å². The Kier molecular flexibility index (Phi) is 31.9. The van der Waals surface area contributed by atoms with Crippen molar-refractivity contribution in [3.05, 3.63) is 0 Å². The van der Waals surface area contributed by atoms with Crippen LogP contribution in [0.4, 0.5) is 0 Å². The van der Waals surface area contributed by atoms with Gasteiger partial charge in [0.15, 0.2) is 55.7 Å². The van der Waals surface area contributed by atoms with E-state index in [4.69, 9.17) is 58.0 Å². The lowest BCUT2D eigenvalue weighted by molar-refractivity contribution is -0.366. The Labute approximate surface area is 534 Å². The van der Waals surface area contributed by atoms with Gasteiger partial charge in [-0.1, -0.05) is 13.8 Å². The number of ether oxygens (including phenoxy) is 9. The van der Waals surface area contributed by atoms with Crippen LogP contribution in [0.3, 0.4) is 0 Å². The molecule has 1 unspecified atom stereocenters. The number of aliphatic carboxylic acids is 3. The summed E-state index contributed by atoms with van der Waals surface area (Å²) in [5, 5.41) is 94.6. The highest BCUT2D eigenvalue weighted by Gasteiger charge is 2.60. The lowest BCUT2D eigenvalue weighted by Crippen LogP contribution is -2.71. The van der Waals surface area contributed by atoms with E-state index in [1.807, 2.05) is 5.32 Å². The number of hydrogen-bond acceptors (Lipinski definition) is 39. The summed E-state index contributed by atoms with van der Waals surface area (Å²) >= 11 is 0. The zero-order valence-electron chi connectivity index (χ0n) is 48.2. The molecule has 0 aromatic rings. The Morgan fingerprint density at radius 2 is 1.08 bits per heavy atom. The highest BCUT2D eigenvalue weighted by Crippen LogP contribution is 2.43. The first-order chi connectivity index (χ1) is 43.4. The summed E-state index contributed by atoms with van der Waals surface area (Å²) in [5.41, 5.74) is 5.14. The highest BCUT2D eigenvalue weighted by molar-refractivity contribution is 7.83. The lowest BCUT2D eigenvalue weighted by Gasteiger charge is -2.50. The van der Waals surface area contributed by atoms with E-state index in [-0.39, 0.29) is 19.4 Å². The van der Waals surface area contributed by atoms with Crippen LogP contribution in [0.5, 0.6) is 0 Å². The molecule has 4 rings (SSSR count). The normalized spacial score (nSPS) is 33.0. The third-order valence-electron chi connectivity index (χ3n) is 12.3. The summed E-state index contributed by atoms with van der Waals surface area (Å²) in [5.74, 6) is -8.05. The Hall–Kier alpha value is -4.28. The molecular weight excluding hydrogens is 1450 g/mol. The molecule has 0 bridgehead atoms. The molecule has 4 fully saturated rings. The number of carboxylic acids is 3. The van der Waals surface area contributed by atoms with Gasteiger partial charge in [-0.15, -0.1) is 0 Å². The van der Waals surface area contributed by atoms with Gasteiger partial charge in [-0.05, 0) is 6.42 Å². The van der Waals surface area contributed by atoms with E-state index in [9.17, 15) is 139 Å². The van der Waals surface area contributed by atoms with Crippen molar-refractivity contribution in [2.75, 3.05) is 33.0 Å². The van der Waals surface area contributed by atoms with E-state index >= 15 is 0 Å². The van der Waals surface area contributed by atoms with Crippen LogP contribution in [0, 0.1) is 0 Å². The minimum absolute atomic E-state index is 0.102. The van der Waals surface area contributed by atoms with Gasteiger partial charge in [0.05, 0.1) is 26.4 Å². The number of carboxylic acid groups (broad SMARTS) is 3. The minimum Gasteiger partial charge on any atom is -0.480 e. The maximum absolute atomic E-state index is 12.7. The molecule has 50 nitrogen and oxygen atoms in total. The smallest absolute Gasteiger partial charge is 0.472 e. The van der Waals surface area contributed by atoms with Crippen LogP contribution in [0.15, 0.2) is 0 Å². The summed E-state index contributed by atoms with van der Waals surface area (Å²) in [6.07, 6.45) is -49.5. The number of phosphoric ester groups is 1. The average molecular weight is 1520 g/mol. The summed E-state index contributed by atoms with van der Waals surface area (Å²) < 4.78 is 253. The van der Waals surface area contributed by atoms with Gasteiger partial charge < -0.3 is 105 Å². The van der Waals surface area contributed by atoms with E-state index < -0.39 is 257 Å². The molecule has 0 aromatic heterocycles. The Bertz CT molecular complexity index is 3260. The van der Waals surface area contributed by atoms with Crippen molar-refractivity contribution in [1.82, 2.24) is 10.0 Å². The van der Waals surface area contributed by atoms with Crippen molar-refractivity contribution in [3.8, 4) is 0 Å². The second-order valence-electron chi connectivity index (χ2n) is 19.5. The first-order valence-corrected chi connectivity index (χ1v) is 34.4. The van der Waals surface area contributed by atoms with Gasteiger partial charge in [0.2, 0.25) is 5.91 Å². The van der Waals surface area contributed by atoms with Crippen molar-refractivity contribution in [3.63, 3.8) is 0 Å². The second kappa shape index (κ2) is 35.7. The standard InChI is InChI=1S/C26H42N2O37S5.C13H24NO10P/c1-4(30)27-7-9(31)13(6(56-23(7)39)3-55-67(43,44)45)58-26-19(65-70(52,53)54)12(34)16(20(62-26)22(37)38)60-24-8(28-66(40,41)42)15(63-68(46,47)48)14(5(2-29)57-24)59-25-18(64-69(49,50)51)11(33)10(32)17(61-25)21(35)36;1-3-5-12(16)24-9(6-21-11(15)4-2)7-22-25(19,20)23-8-10(14)13(17)18/h5-20,23-26,28-29,31-34,39H,2-3H2,1H3,(H,27,30)(H,35,36)(H,37,38)(H,40,41,42)(H,43,44,45)(H,46,47,48)(H,49,50,51)(H,52,53,54);9-10H,3-8,14H2,1-2H3,(H,17,18)(H,19,20)/t5-,6+,7-,8-,9-,10-,11-,12+,13-,14-,15-,16+,17-,18+,19-,20+,23-,24+,25+,26-;9-,10+/m11/s1. The van der Waals surface area contributed by atoms with Gasteiger partial charge in [-0.2, -0.15) is 46.8 Å². The van der Waals surface area contributed by atoms with Crippen LogP contribution in [0.2, 0.25) is 0 Å². The summed E-state index contributed by atoms with van der Waals surface area (Å²) in [6, 6.07) is -6.47. The number of aliphatic hydroxyl groups is 6. The maximum Gasteiger partial charge on any atom is 0.472 e. The maximum atomic E-state index is 12.7. The van der Waals surface area contributed by atoms with Crippen LogP contribution >= 0.6 is 7.82 Å². The molecule has 56 heteroatoms. The Morgan fingerprint density at radius 3 is 1.56 bits per heavy atom. The average Bonchev–Trinajstić information content (AvgIpc) is 0.762. The van der Waals surface area contributed by atoms with Crippen LogP contribution in [0.25, 0.3) is 0 Å². The van der Waals surface area contributed by atoms with Crippen molar-refractivity contribution in [2.45, 2.75) is 175 Å². The van der Waals surface area contributed by atoms with Crippen molar-refractivity contribution in [2.24, 2.45) is 5.73 Å². The van der Waals surface area contributed by atoms with Crippen LogP contribution in [-0.2, 0) is 154 Å². The van der Waals surface area contributed by atoms with Crippen molar-refractivity contribution >= 4 is 95.5 Å². The van der Waals surface area contributed by atoms with Crippen LogP contribution in [0.1, 0.15) is 40.0 Å². The van der Waals surface area contributed by atoms with E-state index in [0.717, 1.165) is 6.92 Å². The molecule has 4 saturated heterocycles. The Balaban J connectivity index is 0.000000791. The fourth-order valence-corrected chi connectivity index (χ4v) is 11.5. The predicted octanol–water partition coefficient (Wildman–Crippen LogP) is -10.5. The van der Waals surface area contributed by atoms with Crippen molar-refractivity contribution in [1.29, 1.82) is 0 Å². The first kappa shape index (κ1) is 84.9. The van der Waals surface area contributed by atoms with Gasteiger partial charge in [0, 0.05) is 19.8 Å². The van der Waals surface area contributed by atoms with Gasteiger partial charge in [-0.3, -0.25) is 51.0 Å². The summed E-state index contributed by atoms with van der Waals surface area (Å²) in [7, 11) is -33.8. The molecule has 95 heavy (non-hydrogen) atoms. The fourth-order valence-electron chi connectivity index (χ4n) is 8.36. The molecule has 0 saturated carbocycles. The lowest BCUT2D eigenvalue weighted by atomic mass is 9.94. The third-order valence-corrected chi connectivity index (χ3v) is 15.7. The van der Waals surface area contributed by atoms with E-state index in [0.29, 0.717) is 6.42 Å². The molecule has 554 valence electrons. The second-order valence-corrected chi connectivity index (χ2v) is 26.4. The molecule has 23 atom stereocenters. The van der Waals surface area contributed by atoms with Crippen LogP contribution in [-0.4, -0.2) is 319 Å². The van der Waals surface area contributed by atoms with Crippen molar-refractivity contribution < 1.29 is 217 Å². The van der Waals surface area contributed by atoms with E-state index in [1.165, 1.54) is 4.72 Å². The van der Waals surface area contributed by atoms with Gasteiger partial charge >= 0.3 is 89.6 Å². The monoisotopic (exact) mass is 1520 g/mol. The third kappa shape index (κ3) is 27.8. The summed E-state index contributed by atoms with van der Waals surface area (Å²) in [6.45, 7) is -0.631. The molecule has 19 N–H and O–H groups in total. The molecule has 0 aliphatic carbocycles. The summed E-state index contributed by atoms with van der Waals surface area (Å²) in [4.78, 5) is 79.1. The van der Waals surface area contributed by atoms with Gasteiger partial charge in [-0.25, -0.2) is 30.9 Å². The Morgan fingerprint density at radius 1 is 0.579 bits per heavy atom. The molecule has 0 radical (unpaired) electrons. The van der Waals surface area contributed by atoms with Gasteiger partial charge in [0.25, 0.3) is 0 Å². The zero-order chi connectivity index (χ0) is 72.8. The number of carbonyl (C=O) groups is 6. The largest absolute Gasteiger partial charge is 0.480 e. The number of amides is 1. The first-order valence-electron chi connectivity index (χ1n) is 26.0. The quantitative estimate of drug-likeness (QED) is 0.0162. The SMILES string of the molecule is CC(=O)N[C@@H]1[C@@H](O)[C@H](O[C@@H]2O[C@H](C(=O)O)[C@@H](O[C@@H]3O[C@H](CO)[C@@H](O[C@H]4O[C@@H](C(=O)O)[C@H](O)[C@@H](O)[C@@H]4OS(=O)(=O)O)[C@H](OS(=O)(=O)O)[C@H]3NS(=O)(=O)O)[C@H](O)[C@H]2OS(=O)(=O)O)[C@H](COS(=O)(=O)O)O[C@H]1O.CCCC(=O)O[C@H](COC(=O)CC)COP(=O)(O)OC[C@H](N)C(=O)O. The molecule has 4 aliphatic heterocycles. The van der Waals surface area contributed by atoms with Gasteiger partial charge in [0.1, 0.15) is 85.8 Å². The van der Waals surface area contributed by atoms with E-state index in [2.05, 4.69) is 25.8 Å². The minimum atomic E-state index is -6.09.